The van der Waals surface area contributed by atoms with Crippen molar-refractivity contribution in [2.24, 2.45) is 0 Å². The molecule has 2 atom stereocenters. The number of rotatable bonds is 7. The van der Waals surface area contributed by atoms with Crippen LogP contribution in [0.15, 0.2) is 42.7 Å². The summed E-state index contributed by atoms with van der Waals surface area (Å²) in [5.41, 5.74) is -0.0764. The fraction of sp³-hybridized carbons (Fsp3) is 0.412. The minimum absolute atomic E-state index is 0.0142. The van der Waals surface area contributed by atoms with Crippen LogP contribution in [-0.2, 0) is 11.3 Å². The average molecular weight is 344 g/mol. The van der Waals surface area contributed by atoms with E-state index < -0.39 is 4.92 Å². The van der Waals surface area contributed by atoms with Crippen LogP contribution in [0.2, 0.25) is 0 Å². The zero-order chi connectivity index (χ0) is 17.6. The number of hydrogen-bond acceptors (Lipinski definition) is 5. The molecule has 3 rings (SSSR count). The number of carbonyl (C=O) groups excluding carboxylic acids is 1. The van der Waals surface area contributed by atoms with Gasteiger partial charge in [0, 0.05) is 13.0 Å². The van der Waals surface area contributed by atoms with Gasteiger partial charge in [-0.25, -0.2) is 0 Å². The minimum Gasteiger partial charge on any atom is -0.488 e. The lowest BCUT2D eigenvalue weighted by Gasteiger charge is -2.22. The summed E-state index contributed by atoms with van der Waals surface area (Å²) in [6.07, 6.45) is 5.49. The molecule has 1 aromatic heterocycles. The SMILES string of the molecule is O=C(CCn1cc([N+](=O)[O-])cn1)NC1CCCC1Oc1ccccc1. The second-order valence-corrected chi connectivity index (χ2v) is 6.04. The first-order chi connectivity index (χ1) is 12.1. The highest BCUT2D eigenvalue weighted by atomic mass is 16.6. The second kappa shape index (κ2) is 7.78. The molecule has 8 nitrogen and oxygen atoms in total. The molecule has 1 aliphatic rings. The number of amides is 1. The quantitative estimate of drug-likeness (QED) is 0.614. The van der Waals surface area contributed by atoms with Crippen LogP contribution in [0, 0.1) is 10.1 Å². The van der Waals surface area contributed by atoms with Gasteiger partial charge in [0.05, 0.1) is 11.0 Å². The third-order valence-electron chi connectivity index (χ3n) is 4.23. The Morgan fingerprint density at radius 1 is 1.36 bits per heavy atom. The van der Waals surface area contributed by atoms with E-state index in [9.17, 15) is 14.9 Å². The molecule has 0 spiro atoms. The number of ether oxygens (including phenoxy) is 1. The highest BCUT2D eigenvalue weighted by Gasteiger charge is 2.30. The number of aryl methyl sites for hydroxylation is 1. The van der Waals surface area contributed by atoms with E-state index in [2.05, 4.69) is 10.4 Å². The highest BCUT2D eigenvalue weighted by Crippen LogP contribution is 2.24. The molecule has 1 heterocycles. The number of benzene rings is 1. The van der Waals surface area contributed by atoms with E-state index in [1.807, 2.05) is 30.3 Å². The van der Waals surface area contributed by atoms with Crippen molar-refractivity contribution < 1.29 is 14.5 Å². The van der Waals surface area contributed by atoms with Crippen molar-refractivity contribution in [1.29, 1.82) is 0 Å². The summed E-state index contributed by atoms with van der Waals surface area (Å²) in [6, 6.07) is 9.56. The maximum Gasteiger partial charge on any atom is 0.306 e. The van der Waals surface area contributed by atoms with Gasteiger partial charge in [-0.05, 0) is 31.4 Å². The van der Waals surface area contributed by atoms with Crippen molar-refractivity contribution in [3.05, 3.63) is 52.8 Å². The first-order valence-corrected chi connectivity index (χ1v) is 8.30. The third kappa shape index (κ3) is 4.56. The topological polar surface area (TPSA) is 99.3 Å². The van der Waals surface area contributed by atoms with Gasteiger partial charge in [0.15, 0.2) is 0 Å². The van der Waals surface area contributed by atoms with Crippen molar-refractivity contribution in [2.45, 2.75) is 44.4 Å². The zero-order valence-electron chi connectivity index (χ0n) is 13.7. The maximum atomic E-state index is 12.2. The van der Waals surface area contributed by atoms with Gasteiger partial charge in [0.25, 0.3) is 0 Å². The predicted octanol–water partition coefficient (Wildman–Crippen LogP) is 2.30. The summed E-state index contributed by atoms with van der Waals surface area (Å²) in [4.78, 5) is 22.3. The normalized spacial score (nSPS) is 19.5. The smallest absolute Gasteiger partial charge is 0.306 e. The van der Waals surface area contributed by atoms with Crippen LogP contribution in [0.4, 0.5) is 5.69 Å². The number of nitro groups is 1. The number of hydrogen-bond donors (Lipinski definition) is 1. The maximum absolute atomic E-state index is 12.2. The first kappa shape index (κ1) is 16.9. The number of nitrogens with one attached hydrogen (secondary N) is 1. The summed E-state index contributed by atoms with van der Waals surface area (Å²) in [7, 11) is 0. The lowest BCUT2D eigenvalue weighted by Crippen LogP contribution is -2.42. The van der Waals surface area contributed by atoms with Gasteiger partial charge < -0.3 is 10.1 Å². The van der Waals surface area contributed by atoms with Crippen LogP contribution >= 0.6 is 0 Å². The summed E-state index contributed by atoms with van der Waals surface area (Å²) in [5, 5.41) is 17.5. The fourth-order valence-corrected chi connectivity index (χ4v) is 2.97. The van der Waals surface area contributed by atoms with Crippen molar-refractivity contribution in [2.75, 3.05) is 0 Å². The summed E-state index contributed by atoms with van der Waals surface area (Å²) in [6.45, 7) is 0.302. The molecule has 1 saturated carbocycles. The van der Waals surface area contributed by atoms with E-state index in [0.29, 0.717) is 6.54 Å². The van der Waals surface area contributed by atoms with E-state index in [4.69, 9.17) is 4.74 Å². The molecule has 1 aromatic carbocycles. The highest BCUT2D eigenvalue weighted by molar-refractivity contribution is 5.76. The zero-order valence-corrected chi connectivity index (χ0v) is 13.7. The van der Waals surface area contributed by atoms with Gasteiger partial charge in [-0.3, -0.25) is 19.6 Å². The Morgan fingerprint density at radius 3 is 2.88 bits per heavy atom. The van der Waals surface area contributed by atoms with Gasteiger partial charge in [-0.15, -0.1) is 0 Å². The number of para-hydroxylation sites is 1. The Morgan fingerprint density at radius 2 is 2.16 bits per heavy atom. The Bertz CT molecular complexity index is 731. The van der Waals surface area contributed by atoms with Crippen LogP contribution in [-0.4, -0.2) is 32.8 Å². The Kier molecular flexibility index (Phi) is 5.27. The van der Waals surface area contributed by atoms with Gasteiger partial charge in [0.2, 0.25) is 5.91 Å². The molecule has 132 valence electrons. The minimum atomic E-state index is -0.506. The van der Waals surface area contributed by atoms with Crippen LogP contribution in [0.1, 0.15) is 25.7 Å². The van der Waals surface area contributed by atoms with Gasteiger partial charge in [-0.2, -0.15) is 5.10 Å². The first-order valence-electron chi connectivity index (χ1n) is 8.30. The van der Waals surface area contributed by atoms with Crippen LogP contribution in [0.25, 0.3) is 0 Å². The van der Waals surface area contributed by atoms with Crippen LogP contribution in [0.5, 0.6) is 5.75 Å². The van der Waals surface area contributed by atoms with E-state index in [1.54, 1.807) is 0 Å². The van der Waals surface area contributed by atoms with Gasteiger partial charge in [-0.1, -0.05) is 18.2 Å². The molecule has 0 radical (unpaired) electrons. The summed E-state index contributed by atoms with van der Waals surface area (Å²) < 4.78 is 7.38. The summed E-state index contributed by atoms with van der Waals surface area (Å²) in [5.74, 6) is 0.698. The molecule has 2 unspecified atom stereocenters. The van der Waals surface area contributed by atoms with E-state index in [-0.39, 0.29) is 30.2 Å². The molecular formula is C17H20N4O4. The van der Waals surface area contributed by atoms with Crippen LogP contribution < -0.4 is 10.1 Å². The van der Waals surface area contributed by atoms with E-state index >= 15 is 0 Å². The van der Waals surface area contributed by atoms with Gasteiger partial charge in [0.1, 0.15) is 24.2 Å². The third-order valence-corrected chi connectivity index (χ3v) is 4.23. The van der Waals surface area contributed by atoms with E-state index in [1.165, 1.54) is 17.1 Å². The molecule has 0 bridgehead atoms. The Hall–Kier alpha value is -2.90. The lowest BCUT2D eigenvalue weighted by atomic mass is 10.2. The molecule has 8 heteroatoms. The molecule has 1 amide bonds. The lowest BCUT2D eigenvalue weighted by molar-refractivity contribution is -0.385. The second-order valence-electron chi connectivity index (χ2n) is 6.04. The number of nitrogens with zero attached hydrogens (tertiary/aromatic N) is 3. The Balaban J connectivity index is 1.48. The van der Waals surface area contributed by atoms with Crippen molar-refractivity contribution >= 4 is 11.6 Å². The molecule has 25 heavy (non-hydrogen) atoms. The van der Waals surface area contributed by atoms with Crippen molar-refractivity contribution in [3.8, 4) is 5.75 Å². The summed E-state index contributed by atoms with van der Waals surface area (Å²) >= 11 is 0. The monoisotopic (exact) mass is 344 g/mol. The average Bonchev–Trinajstić information content (AvgIpc) is 3.24. The predicted molar refractivity (Wildman–Crippen MR) is 90.1 cm³/mol. The van der Waals surface area contributed by atoms with Crippen molar-refractivity contribution in [1.82, 2.24) is 15.1 Å². The molecule has 0 saturated heterocycles. The van der Waals surface area contributed by atoms with Crippen LogP contribution in [0.3, 0.4) is 0 Å². The number of carbonyl (C=O) groups is 1. The fourth-order valence-electron chi connectivity index (χ4n) is 2.97. The molecule has 0 aliphatic heterocycles. The Labute approximate surface area is 144 Å². The van der Waals surface area contributed by atoms with Gasteiger partial charge >= 0.3 is 5.69 Å². The molecule has 1 aliphatic carbocycles. The standard InChI is InChI=1S/C17H20N4O4/c22-17(9-10-20-12-13(11-18-20)21(23)24)19-15-7-4-8-16(15)25-14-5-2-1-3-6-14/h1-3,5-6,11-12,15-16H,4,7-10H2,(H,19,22). The molecule has 1 fully saturated rings. The van der Waals surface area contributed by atoms with Crippen molar-refractivity contribution in [3.63, 3.8) is 0 Å². The molecule has 1 N–H and O–H groups in total. The molecular weight excluding hydrogens is 324 g/mol. The van der Waals surface area contributed by atoms with E-state index in [0.717, 1.165) is 25.0 Å². The molecule has 2 aromatic rings. The largest absolute Gasteiger partial charge is 0.488 e. The number of aromatic nitrogens is 2.